The zero-order valence-corrected chi connectivity index (χ0v) is 11.9. The Morgan fingerprint density at radius 3 is 2.06 bits per heavy atom. The Balaban J connectivity index is 0. The van der Waals surface area contributed by atoms with E-state index in [9.17, 15) is 0 Å². The molecule has 0 radical (unpaired) electrons. The molecule has 0 aliphatic rings. The molecule has 2 heteroatoms. The highest BCUT2D eigenvalue weighted by Crippen LogP contribution is 2.04. The Morgan fingerprint density at radius 1 is 1.06 bits per heavy atom. The number of aliphatic carboxylic acids is 1. The average Bonchev–Trinajstić information content (AvgIpc) is 2.31. The van der Waals surface area contributed by atoms with Gasteiger partial charge in [-0.1, -0.05) is 56.7 Å². The number of hydrogen-bond donors (Lipinski definition) is 1. The van der Waals surface area contributed by atoms with Crippen LogP contribution in [0.5, 0.6) is 0 Å². The summed E-state index contributed by atoms with van der Waals surface area (Å²) in [6, 6.07) is 0. The van der Waals surface area contributed by atoms with Crippen molar-refractivity contribution in [3.05, 3.63) is 37.0 Å². The van der Waals surface area contributed by atoms with Gasteiger partial charge in [0.2, 0.25) is 0 Å². The molecule has 0 rings (SSSR count). The topological polar surface area (TPSA) is 37.3 Å². The Hall–Kier alpha value is -1.31. The smallest absolute Gasteiger partial charge is 0.300 e. The van der Waals surface area contributed by atoms with Crippen molar-refractivity contribution in [2.75, 3.05) is 0 Å². The molecule has 0 fully saturated rings. The monoisotopic (exact) mass is 252 g/mol. The lowest BCUT2D eigenvalue weighted by Crippen LogP contribution is -1.78. The minimum Gasteiger partial charge on any atom is -0.481 e. The largest absolute Gasteiger partial charge is 0.481 e. The van der Waals surface area contributed by atoms with Crippen LogP contribution < -0.4 is 0 Å². The fourth-order valence-corrected chi connectivity index (χ4v) is 1.30. The SMILES string of the molecule is C=C/C=C\CCCCCC=CCCC.CC(=O)O. The van der Waals surface area contributed by atoms with E-state index in [2.05, 4.69) is 31.7 Å². The number of allylic oxidation sites excluding steroid dienone is 5. The maximum Gasteiger partial charge on any atom is 0.300 e. The number of carbonyl (C=O) groups is 1. The molecule has 0 saturated heterocycles. The zero-order valence-electron chi connectivity index (χ0n) is 11.9. The quantitative estimate of drug-likeness (QED) is 0.351. The molecule has 1 N–H and O–H groups in total. The maximum absolute atomic E-state index is 9.00. The molecule has 0 atom stereocenters. The molecule has 0 aromatic heterocycles. The van der Waals surface area contributed by atoms with Gasteiger partial charge in [0.15, 0.2) is 0 Å². The van der Waals surface area contributed by atoms with Crippen molar-refractivity contribution in [2.45, 2.75) is 58.8 Å². The zero-order chi connectivity index (χ0) is 14.1. The van der Waals surface area contributed by atoms with Gasteiger partial charge < -0.3 is 5.11 Å². The molecule has 0 aliphatic carbocycles. The third kappa shape index (κ3) is 29.3. The highest BCUT2D eigenvalue weighted by atomic mass is 16.4. The second-order valence-electron chi connectivity index (χ2n) is 4.08. The maximum atomic E-state index is 9.00. The second-order valence-corrected chi connectivity index (χ2v) is 4.08. The molecule has 18 heavy (non-hydrogen) atoms. The van der Waals surface area contributed by atoms with Crippen LogP contribution in [0.4, 0.5) is 0 Å². The molecule has 104 valence electrons. The Labute approximate surface area is 112 Å². The lowest BCUT2D eigenvalue weighted by Gasteiger charge is -1.94. The molecule has 0 spiro atoms. The van der Waals surface area contributed by atoms with Gasteiger partial charge in [0.1, 0.15) is 0 Å². The summed E-state index contributed by atoms with van der Waals surface area (Å²) in [5, 5.41) is 7.42. The summed E-state index contributed by atoms with van der Waals surface area (Å²) in [4.78, 5) is 9.00. The van der Waals surface area contributed by atoms with E-state index < -0.39 is 5.97 Å². The van der Waals surface area contributed by atoms with E-state index in [4.69, 9.17) is 9.90 Å². The van der Waals surface area contributed by atoms with Gasteiger partial charge in [-0.05, 0) is 32.1 Å². The van der Waals surface area contributed by atoms with Crippen LogP contribution in [0.3, 0.4) is 0 Å². The van der Waals surface area contributed by atoms with E-state index >= 15 is 0 Å². The van der Waals surface area contributed by atoms with E-state index in [1.165, 1.54) is 44.9 Å². The number of rotatable bonds is 9. The van der Waals surface area contributed by atoms with Gasteiger partial charge in [-0.2, -0.15) is 0 Å². The summed E-state index contributed by atoms with van der Waals surface area (Å²) in [6.07, 6.45) is 19.6. The first-order chi connectivity index (χ1) is 8.65. The summed E-state index contributed by atoms with van der Waals surface area (Å²) >= 11 is 0. The molecule has 0 saturated carbocycles. The molecule has 0 unspecified atom stereocenters. The summed E-state index contributed by atoms with van der Waals surface area (Å²) < 4.78 is 0. The van der Waals surface area contributed by atoms with Gasteiger partial charge >= 0.3 is 0 Å². The molecule has 0 amide bonds. The van der Waals surface area contributed by atoms with Crippen LogP contribution in [0.25, 0.3) is 0 Å². The molecular formula is C16H28O2. The lowest BCUT2D eigenvalue weighted by molar-refractivity contribution is -0.134. The normalized spacial score (nSPS) is 10.3. The van der Waals surface area contributed by atoms with Crippen LogP contribution in [0.15, 0.2) is 37.0 Å². The number of hydrogen-bond acceptors (Lipinski definition) is 1. The predicted octanol–water partition coefficient (Wildman–Crippen LogP) is 5.13. The third-order valence-electron chi connectivity index (χ3n) is 2.14. The van der Waals surface area contributed by atoms with Crippen molar-refractivity contribution in [3.63, 3.8) is 0 Å². The lowest BCUT2D eigenvalue weighted by atomic mass is 10.1. The molecule has 0 bridgehead atoms. The summed E-state index contributed by atoms with van der Waals surface area (Å²) in [6.45, 7) is 6.94. The van der Waals surface area contributed by atoms with Gasteiger partial charge in [-0.25, -0.2) is 0 Å². The van der Waals surface area contributed by atoms with Crippen molar-refractivity contribution >= 4 is 5.97 Å². The number of carboxylic acids is 1. The average molecular weight is 252 g/mol. The van der Waals surface area contributed by atoms with Gasteiger partial charge in [0.05, 0.1) is 0 Å². The van der Waals surface area contributed by atoms with Gasteiger partial charge in [0, 0.05) is 6.92 Å². The first kappa shape index (κ1) is 19.0. The van der Waals surface area contributed by atoms with Crippen LogP contribution in [0.2, 0.25) is 0 Å². The minimum absolute atomic E-state index is 0.833. The van der Waals surface area contributed by atoms with Crippen LogP contribution >= 0.6 is 0 Å². The first-order valence-corrected chi connectivity index (χ1v) is 6.77. The standard InChI is InChI=1S/C14H24.C2H4O2/c1-3-5-7-9-11-13-14-12-10-8-6-4-2;1-2(3)4/h3,5,7-8,10H,1,4,6,9,11-14H2,2H3;1H3,(H,3,4)/b7-5-,10-8?;. The van der Waals surface area contributed by atoms with E-state index in [-0.39, 0.29) is 0 Å². The van der Waals surface area contributed by atoms with E-state index in [1.807, 2.05) is 12.2 Å². The fraction of sp³-hybridized carbons (Fsp3) is 0.562. The van der Waals surface area contributed by atoms with Crippen LogP contribution in [-0.2, 0) is 4.79 Å². The summed E-state index contributed by atoms with van der Waals surface area (Å²) in [7, 11) is 0. The van der Waals surface area contributed by atoms with Crippen molar-refractivity contribution < 1.29 is 9.90 Å². The van der Waals surface area contributed by atoms with E-state index in [0.29, 0.717) is 0 Å². The van der Waals surface area contributed by atoms with Gasteiger partial charge in [-0.15, -0.1) is 0 Å². The van der Waals surface area contributed by atoms with Gasteiger partial charge in [0.25, 0.3) is 5.97 Å². The van der Waals surface area contributed by atoms with E-state index in [0.717, 1.165) is 6.92 Å². The third-order valence-corrected chi connectivity index (χ3v) is 2.14. The Morgan fingerprint density at radius 2 is 1.56 bits per heavy atom. The molecule has 0 aliphatic heterocycles. The molecule has 0 aromatic rings. The summed E-state index contributed by atoms with van der Waals surface area (Å²) in [5.74, 6) is -0.833. The van der Waals surface area contributed by atoms with Crippen molar-refractivity contribution in [1.29, 1.82) is 0 Å². The second kappa shape index (κ2) is 18.1. The van der Waals surface area contributed by atoms with Gasteiger partial charge in [-0.3, -0.25) is 4.79 Å². The van der Waals surface area contributed by atoms with Crippen LogP contribution in [0.1, 0.15) is 58.8 Å². The summed E-state index contributed by atoms with van der Waals surface area (Å²) in [5.41, 5.74) is 0. The first-order valence-electron chi connectivity index (χ1n) is 6.77. The van der Waals surface area contributed by atoms with E-state index in [1.54, 1.807) is 0 Å². The molecular weight excluding hydrogens is 224 g/mol. The van der Waals surface area contributed by atoms with Crippen LogP contribution in [-0.4, -0.2) is 11.1 Å². The Kier molecular flexibility index (Phi) is 19.1. The number of carboxylic acid groups (broad SMARTS) is 1. The number of unbranched alkanes of at least 4 members (excludes halogenated alkanes) is 5. The van der Waals surface area contributed by atoms with Crippen LogP contribution in [0, 0.1) is 0 Å². The highest BCUT2D eigenvalue weighted by Gasteiger charge is 1.85. The highest BCUT2D eigenvalue weighted by molar-refractivity contribution is 5.62. The Bertz CT molecular complexity index is 235. The molecule has 2 nitrogen and oxygen atoms in total. The molecule has 0 aromatic carbocycles. The van der Waals surface area contributed by atoms with Crippen molar-refractivity contribution in [3.8, 4) is 0 Å². The van der Waals surface area contributed by atoms with Crippen molar-refractivity contribution in [1.82, 2.24) is 0 Å². The minimum atomic E-state index is -0.833. The fourth-order valence-electron chi connectivity index (χ4n) is 1.30. The van der Waals surface area contributed by atoms with Crippen molar-refractivity contribution in [2.24, 2.45) is 0 Å². The molecule has 0 heterocycles. The predicted molar refractivity (Wildman–Crippen MR) is 79.8 cm³/mol.